The monoisotopic (exact) mass is 1190 g/mol. The molecular formula is C66H64N8O14. The zero-order valence-corrected chi connectivity index (χ0v) is 48.6. The molecule has 0 amide bonds. The maximum absolute atomic E-state index is 13.7. The molecule has 0 spiro atoms. The fraction of sp³-hybridized carbons (Fsp3) is 0.273. The van der Waals surface area contributed by atoms with Crippen LogP contribution in [0.5, 0.6) is 23.0 Å². The Labute approximate surface area is 505 Å². The molecule has 0 bridgehead atoms. The van der Waals surface area contributed by atoms with Crippen molar-refractivity contribution in [3.05, 3.63) is 212 Å². The molecule has 5 heterocycles. The highest BCUT2D eigenvalue weighted by Crippen LogP contribution is 2.34. The molecule has 11 rings (SSSR count). The van der Waals surface area contributed by atoms with Gasteiger partial charge >= 0.3 is 11.9 Å². The number of esters is 2. The standard InChI is InChI=1S/C66H64N8O14/c1-79-65(77)49-11-7-9-45(37-49)43-85-63-59(75)55-13-3-5-15-57(55)87-61(63)47-17-21-53(22-18-47)83-35-33-81-31-29-73-41-51(67-69-73)39-71-25-27-72(28-26-71)40-52-42-74(70-68-52)30-32-82-34-36-84-54-23-19-48(20-24-54)62-64(60(76)56-14-4-6-16-58(56)88-62)86-44-46-10-8-12-50(38-46)66(78)80-2/h3-24,37-38,41-42H,25-36,39-40,43-44H2,1-2H3. The van der Waals surface area contributed by atoms with Gasteiger partial charge in [-0.3, -0.25) is 19.4 Å². The van der Waals surface area contributed by atoms with Crippen molar-refractivity contribution in [1.29, 1.82) is 0 Å². The minimum atomic E-state index is -0.466. The number of aromatic nitrogens is 6. The van der Waals surface area contributed by atoms with Crippen LogP contribution < -0.4 is 29.8 Å². The van der Waals surface area contributed by atoms with Gasteiger partial charge in [0.25, 0.3) is 0 Å². The molecule has 1 fully saturated rings. The van der Waals surface area contributed by atoms with E-state index in [2.05, 4.69) is 30.4 Å². The lowest BCUT2D eigenvalue weighted by molar-refractivity contribution is 0.0591. The summed E-state index contributed by atoms with van der Waals surface area (Å²) >= 11 is 0. The van der Waals surface area contributed by atoms with E-state index < -0.39 is 11.9 Å². The molecule has 0 atom stereocenters. The third-order valence-corrected chi connectivity index (χ3v) is 14.5. The lowest BCUT2D eigenvalue weighted by atomic mass is 10.1. The first-order chi connectivity index (χ1) is 43.1. The molecule has 10 aromatic rings. The van der Waals surface area contributed by atoms with Crippen LogP contribution in [0.25, 0.3) is 44.6 Å². The number of benzene rings is 6. The summed E-state index contributed by atoms with van der Waals surface area (Å²) in [5.74, 6) is 0.988. The summed E-state index contributed by atoms with van der Waals surface area (Å²) < 4.78 is 61.7. The van der Waals surface area contributed by atoms with Crippen LogP contribution >= 0.6 is 0 Å². The minimum Gasteiger partial charge on any atom is -0.491 e. The summed E-state index contributed by atoms with van der Waals surface area (Å²) in [4.78, 5) is 56.3. The molecule has 22 nitrogen and oxygen atoms in total. The van der Waals surface area contributed by atoms with Gasteiger partial charge in [0.05, 0.1) is 87.0 Å². The largest absolute Gasteiger partial charge is 0.491 e. The molecule has 1 aliphatic heterocycles. The van der Waals surface area contributed by atoms with Crippen molar-refractivity contribution in [2.24, 2.45) is 0 Å². The molecule has 0 radical (unpaired) electrons. The van der Waals surface area contributed by atoms with Crippen molar-refractivity contribution in [2.75, 3.05) is 80.0 Å². The van der Waals surface area contributed by atoms with E-state index in [1.165, 1.54) is 14.2 Å². The van der Waals surface area contributed by atoms with Gasteiger partial charge in [0.1, 0.15) is 49.1 Å². The molecule has 0 saturated carbocycles. The van der Waals surface area contributed by atoms with Gasteiger partial charge in [-0.25, -0.2) is 19.0 Å². The van der Waals surface area contributed by atoms with E-state index in [1.807, 2.05) is 12.4 Å². The highest BCUT2D eigenvalue weighted by molar-refractivity contribution is 5.90. The van der Waals surface area contributed by atoms with E-state index in [9.17, 15) is 19.2 Å². The second kappa shape index (κ2) is 28.9. The fourth-order valence-electron chi connectivity index (χ4n) is 9.98. The number of ether oxygens (including phenoxy) is 8. The van der Waals surface area contributed by atoms with Crippen LogP contribution in [-0.2, 0) is 58.3 Å². The Balaban J connectivity index is 0.558. The third-order valence-electron chi connectivity index (χ3n) is 14.5. The lowest BCUT2D eigenvalue weighted by Gasteiger charge is -2.33. The molecule has 1 aliphatic rings. The van der Waals surface area contributed by atoms with Crippen molar-refractivity contribution in [1.82, 2.24) is 39.8 Å². The summed E-state index contributed by atoms with van der Waals surface area (Å²) in [6, 6.07) is 42.1. The average Bonchev–Trinajstić information content (AvgIpc) is 4.45. The summed E-state index contributed by atoms with van der Waals surface area (Å²) in [7, 11) is 2.64. The number of carbonyl (C=O) groups excluding carboxylic acids is 2. The van der Waals surface area contributed by atoms with Gasteiger partial charge in [0.2, 0.25) is 22.4 Å². The Morgan fingerprint density at radius 3 is 1.32 bits per heavy atom. The molecule has 6 aromatic carbocycles. The van der Waals surface area contributed by atoms with Crippen LogP contribution in [0.15, 0.2) is 176 Å². The van der Waals surface area contributed by atoms with Crippen LogP contribution in [0.1, 0.15) is 43.2 Å². The van der Waals surface area contributed by atoms with Gasteiger partial charge in [-0.2, -0.15) is 0 Å². The van der Waals surface area contributed by atoms with E-state index in [1.54, 1.807) is 155 Å². The molecule has 4 aromatic heterocycles. The van der Waals surface area contributed by atoms with E-state index in [0.717, 1.165) is 37.6 Å². The van der Waals surface area contributed by atoms with Crippen LogP contribution in [0.2, 0.25) is 0 Å². The maximum Gasteiger partial charge on any atom is 0.337 e. The van der Waals surface area contributed by atoms with Gasteiger partial charge in [0.15, 0.2) is 11.5 Å². The zero-order chi connectivity index (χ0) is 60.6. The molecule has 0 aliphatic carbocycles. The highest BCUT2D eigenvalue weighted by atomic mass is 16.5. The number of para-hydroxylation sites is 2. The summed E-state index contributed by atoms with van der Waals surface area (Å²) in [5.41, 5.74) is 5.42. The number of piperazine rings is 1. The average molecular weight is 1190 g/mol. The van der Waals surface area contributed by atoms with E-state index in [0.29, 0.717) is 133 Å². The van der Waals surface area contributed by atoms with Crippen LogP contribution in [-0.4, -0.2) is 132 Å². The molecular weight excluding hydrogens is 1130 g/mol. The zero-order valence-electron chi connectivity index (χ0n) is 48.6. The minimum absolute atomic E-state index is 0.0274. The Morgan fingerprint density at radius 1 is 0.477 bits per heavy atom. The Morgan fingerprint density at radius 2 is 0.898 bits per heavy atom. The predicted octanol–water partition coefficient (Wildman–Crippen LogP) is 8.66. The van der Waals surface area contributed by atoms with Crippen molar-refractivity contribution in [3.63, 3.8) is 0 Å². The first-order valence-electron chi connectivity index (χ1n) is 28.7. The Bertz CT molecular complexity index is 3850. The molecule has 0 N–H and O–H groups in total. The van der Waals surface area contributed by atoms with Crippen molar-refractivity contribution < 1.29 is 56.3 Å². The summed E-state index contributed by atoms with van der Waals surface area (Å²) in [6.45, 7) is 8.33. The first-order valence-corrected chi connectivity index (χ1v) is 28.7. The summed E-state index contributed by atoms with van der Waals surface area (Å²) in [5, 5.41) is 18.2. The molecule has 22 heteroatoms. The van der Waals surface area contributed by atoms with Gasteiger partial charge in [-0.15, -0.1) is 10.2 Å². The fourth-order valence-corrected chi connectivity index (χ4v) is 9.98. The van der Waals surface area contributed by atoms with Gasteiger partial charge in [-0.05, 0) is 108 Å². The molecule has 1 saturated heterocycles. The van der Waals surface area contributed by atoms with E-state index in [-0.39, 0.29) is 47.1 Å². The Hall–Kier alpha value is -10.0. The number of carbonyl (C=O) groups is 2. The quantitative estimate of drug-likeness (QED) is 0.0329. The van der Waals surface area contributed by atoms with Crippen molar-refractivity contribution in [2.45, 2.75) is 39.4 Å². The number of methoxy groups -OCH3 is 2. The first kappa shape index (κ1) is 59.7. The van der Waals surface area contributed by atoms with Crippen LogP contribution in [0, 0.1) is 0 Å². The second-order valence-corrected chi connectivity index (χ2v) is 20.6. The number of fused-ring (bicyclic) bond motifs is 2. The number of hydrogen-bond donors (Lipinski definition) is 0. The summed E-state index contributed by atoms with van der Waals surface area (Å²) in [6.07, 6.45) is 3.92. The maximum atomic E-state index is 13.7. The van der Waals surface area contributed by atoms with Crippen LogP contribution in [0.3, 0.4) is 0 Å². The molecule has 0 unspecified atom stereocenters. The molecule has 452 valence electrons. The van der Waals surface area contributed by atoms with Crippen molar-refractivity contribution >= 4 is 33.9 Å². The highest BCUT2D eigenvalue weighted by Gasteiger charge is 2.23. The smallest absolute Gasteiger partial charge is 0.337 e. The molecule has 88 heavy (non-hydrogen) atoms. The number of rotatable bonds is 28. The third kappa shape index (κ3) is 15.1. The predicted molar refractivity (Wildman–Crippen MR) is 323 cm³/mol. The van der Waals surface area contributed by atoms with Crippen molar-refractivity contribution in [3.8, 4) is 45.6 Å². The van der Waals surface area contributed by atoms with E-state index in [4.69, 9.17) is 46.7 Å². The normalized spacial score (nSPS) is 12.8. The lowest BCUT2D eigenvalue weighted by Crippen LogP contribution is -2.45. The number of hydrogen-bond acceptors (Lipinski definition) is 20. The van der Waals surface area contributed by atoms with E-state index >= 15 is 0 Å². The SMILES string of the molecule is COC(=O)c1cccc(COc2c(-c3ccc(OCCOCCn4cc(CN5CCN(Cc6cn(CCOCCOc7ccc(-c8oc9ccccc9c(=O)c8OCc8cccc(C(=O)OC)c8)cc7)nn6)CC5)nn4)cc3)oc3ccccc3c2=O)c1. The van der Waals surface area contributed by atoms with Gasteiger partial charge in [0, 0.05) is 62.8 Å². The topological polar surface area (TPSA) is 236 Å². The Kier molecular flexibility index (Phi) is 19.6. The van der Waals surface area contributed by atoms with Gasteiger partial charge < -0.3 is 46.7 Å². The van der Waals surface area contributed by atoms with Crippen LogP contribution in [0.4, 0.5) is 0 Å². The number of nitrogens with zero attached hydrogens (tertiary/aromatic N) is 8. The van der Waals surface area contributed by atoms with Gasteiger partial charge in [-0.1, -0.05) is 59.0 Å². The second-order valence-electron chi connectivity index (χ2n) is 20.6.